The minimum absolute atomic E-state index is 0.0384. The van der Waals surface area contributed by atoms with Crippen LogP contribution in [0, 0.1) is 12.3 Å². The second-order valence-corrected chi connectivity index (χ2v) is 8.40. The molecule has 7 nitrogen and oxygen atoms in total. The number of allylic oxidation sites excluding steroid dienone is 1. The molecule has 0 saturated heterocycles. The van der Waals surface area contributed by atoms with Crippen molar-refractivity contribution >= 4 is 28.4 Å². The van der Waals surface area contributed by atoms with E-state index in [1.807, 2.05) is 25.1 Å². The summed E-state index contributed by atoms with van der Waals surface area (Å²) in [5, 5.41) is 23.4. The zero-order valence-corrected chi connectivity index (χ0v) is 17.5. The lowest BCUT2D eigenvalue weighted by Gasteiger charge is -2.19. The largest absolute Gasteiger partial charge is 0.389 e. The number of rotatable bonds is 8. The van der Waals surface area contributed by atoms with Crippen molar-refractivity contribution in [3.05, 3.63) is 47.4 Å². The maximum atomic E-state index is 12.3. The first-order valence-electron chi connectivity index (χ1n) is 9.51. The number of imidazole rings is 1. The quantitative estimate of drug-likeness (QED) is 0.426. The number of halogens is 1. The Hall–Kier alpha value is -2.64. The van der Waals surface area contributed by atoms with Gasteiger partial charge in [-0.15, -0.1) is 0 Å². The van der Waals surface area contributed by atoms with E-state index in [-0.39, 0.29) is 17.6 Å². The Morgan fingerprint density at radius 3 is 2.76 bits per heavy atom. The van der Waals surface area contributed by atoms with Crippen LogP contribution in [0.4, 0.5) is 0 Å². The number of benzene rings is 1. The molecule has 1 aliphatic carbocycles. The van der Waals surface area contributed by atoms with Crippen molar-refractivity contribution in [3.63, 3.8) is 0 Å². The van der Waals surface area contributed by atoms with Crippen LogP contribution in [0.2, 0.25) is 0 Å². The van der Waals surface area contributed by atoms with Crippen molar-refractivity contribution in [1.29, 1.82) is 5.41 Å². The minimum atomic E-state index is -0.934. The van der Waals surface area contributed by atoms with Crippen molar-refractivity contribution in [2.24, 2.45) is 0 Å². The molecule has 0 radical (unpaired) electrons. The molecule has 0 unspecified atom stereocenters. The highest BCUT2D eigenvalue weighted by atomic mass is 35.5. The lowest BCUT2D eigenvalue weighted by Crippen LogP contribution is -2.34. The topological polar surface area (TPSA) is 114 Å². The average Bonchev–Trinajstić information content (AvgIpc) is 3.29. The van der Waals surface area contributed by atoms with E-state index in [9.17, 15) is 9.90 Å². The molecule has 1 amide bonds. The van der Waals surface area contributed by atoms with Gasteiger partial charge in [-0.25, -0.2) is 4.98 Å². The third-order valence-corrected chi connectivity index (χ3v) is 4.62. The SMILES string of the molecule is Cc1cc(-c2cnc(/C(=C\C(=N)Cl)NCC(C)(C)O)[nH]2)ccc1C(=O)NC1CC1. The van der Waals surface area contributed by atoms with E-state index in [4.69, 9.17) is 17.0 Å². The van der Waals surface area contributed by atoms with Crippen LogP contribution in [-0.2, 0) is 0 Å². The fourth-order valence-corrected chi connectivity index (χ4v) is 2.93. The number of H-pyrrole nitrogens is 1. The van der Waals surface area contributed by atoms with Gasteiger partial charge in [0.1, 0.15) is 5.17 Å². The number of nitrogens with one attached hydrogen (secondary N) is 4. The molecule has 8 heteroatoms. The molecule has 1 fully saturated rings. The van der Waals surface area contributed by atoms with Crippen LogP contribution < -0.4 is 10.6 Å². The number of aryl methyl sites for hydroxylation is 1. The van der Waals surface area contributed by atoms with Crippen molar-refractivity contribution in [1.82, 2.24) is 20.6 Å². The zero-order valence-electron chi connectivity index (χ0n) is 16.8. The monoisotopic (exact) mass is 415 g/mol. The van der Waals surface area contributed by atoms with Gasteiger partial charge in [0, 0.05) is 24.2 Å². The van der Waals surface area contributed by atoms with Gasteiger partial charge in [-0.3, -0.25) is 10.2 Å². The first-order chi connectivity index (χ1) is 13.6. The summed E-state index contributed by atoms with van der Waals surface area (Å²) in [7, 11) is 0. The second-order valence-electron chi connectivity index (χ2n) is 7.99. The molecule has 154 valence electrons. The molecule has 1 aromatic heterocycles. The molecule has 1 heterocycles. The Morgan fingerprint density at radius 2 is 2.17 bits per heavy atom. The van der Waals surface area contributed by atoms with Gasteiger partial charge in [0.15, 0.2) is 5.82 Å². The number of carbonyl (C=O) groups excluding carboxylic acids is 1. The molecule has 0 atom stereocenters. The van der Waals surface area contributed by atoms with Gasteiger partial charge in [0.2, 0.25) is 0 Å². The highest BCUT2D eigenvalue weighted by Crippen LogP contribution is 2.24. The van der Waals surface area contributed by atoms with Crippen LogP contribution in [0.3, 0.4) is 0 Å². The Balaban J connectivity index is 1.81. The van der Waals surface area contributed by atoms with E-state index in [2.05, 4.69) is 20.6 Å². The standard InChI is InChI=1S/C21H26ClN5O2/c1-12-8-13(4-7-15(12)20(28)26-14-5-6-14)17-10-24-19(27-17)16(9-18(22)23)25-11-21(2,3)29/h4,7-10,14,23,25,29H,5-6,11H2,1-3H3,(H,24,27)(H,26,28)/b16-9+,23-18?. The Kier molecular flexibility index (Phi) is 6.10. The van der Waals surface area contributed by atoms with E-state index < -0.39 is 5.60 Å². The van der Waals surface area contributed by atoms with Crippen LogP contribution in [0.5, 0.6) is 0 Å². The van der Waals surface area contributed by atoms with E-state index >= 15 is 0 Å². The minimum Gasteiger partial charge on any atom is -0.389 e. The maximum absolute atomic E-state index is 12.3. The number of aromatic amines is 1. The molecule has 0 aliphatic heterocycles. The van der Waals surface area contributed by atoms with Crippen molar-refractivity contribution in [2.45, 2.75) is 45.3 Å². The van der Waals surface area contributed by atoms with Gasteiger partial charge in [-0.1, -0.05) is 17.7 Å². The molecule has 1 saturated carbocycles. The molecular weight excluding hydrogens is 390 g/mol. The fourth-order valence-electron chi connectivity index (χ4n) is 2.82. The summed E-state index contributed by atoms with van der Waals surface area (Å²) >= 11 is 5.73. The molecule has 29 heavy (non-hydrogen) atoms. The molecule has 3 rings (SSSR count). The normalized spacial score (nSPS) is 14.6. The van der Waals surface area contributed by atoms with Gasteiger partial charge in [-0.05, 0) is 56.9 Å². The molecule has 2 aromatic rings. The predicted molar refractivity (Wildman–Crippen MR) is 115 cm³/mol. The van der Waals surface area contributed by atoms with Crippen molar-refractivity contribution in [3.8, 4) is 11.3 Å². The van der Waals surface area contributed by atoms with Crippen LogP contribution in [0.15, 0.2) is 30.5 Å². The van der Waals surface area contributed by atoms with Crippen molar-refractivity contribution < 1.29 is 9.90 Å². The highest BCUT2D eigenvalue weighted by molar-refractivity contribution is 6.68. The Morgan fingerprint density at radius 1 is 1.45 bits per heavy atom. The molecular formula is C21H26ClN5O2. The number of nitrogens with zero attached hydrogens (tertiary/aromatic N) is 1. The molecule has 0 bridgehead atoms. The van der Waals surface area contributed by atoms with E-state index in [1.165, 1.54) is 6.08 Å². The second kappa shape index (κ2) is 8.39. The van der Waals surface area contributed by atoms with Gasteiger partial charge in [0.05, 0.1) is 23.2 Å². The molecule has 1 aliphatic rings. The van der Waals surface area contributed by atoms with Crippen LogP contribution in [-0.4, -0.2) is 44.3 Å². The molecule has 0 spiro atoms. The van der Waals surface area contributed by atoms with Gasteiger partial charge >= 0.3 is 0 Å². The van der Waals surface area contributed by atoms with Crippen LogP contribution in [0.25, 0.3) is 17.0 Å². The number of hydrogen-bond acceptors (Lipinski definition) is 5. The maximum Gasteiger partial charge on any atom is 0.251 e. The van der Waals surface area contributed by atoms with Crippen molar-refractivity contribution in [2.75, 3.05) is 6.54 Å². The summed E-state index contributed by atoms with van der Waals surface area (Å²) in [6, 6.07) is 5.96. The number of hydrogen-bond donors (Lipinski definition) is 5. The summed E-state index contributed by atoms with van der Waals surface area (Å²) in [6.45, 7) is 5.54. The lowest BCUT2D eigenvalue weighted by molar-refractivity contribution is 0.0842. The number of carbonyl (C=O) groups is 1. The molecule has 5 N–H and O–H groups in total. The first kappa shape index (κ1) is 21.1. The Bertz CT molecular complexity index is 954. The third-order valence-electron chi connectivity index (χ3n) is 4.51. The number of aromatic nitrogens is 2. The van der Waals surface area contributed by atoms with Gasteiger partial charge < -0.3 is 20.7 Å². The summed E-state index contributed by atoms with van der Waals surface area (Å²) in [6.07, 6.45) is 5.23. The summed E-state index contributed by atoms with van der Waals surface area (Å²) in [4.78, 5) is 19.9. The van der Waals surface area contributed by atoms with E-state index in [0.717, 1.165) is 29.7 Å². The smallest absolute Gasteiger partial charge is 0.251 e. The summed E-state index contributed by atoms with van der Waals surface area (Å²) < 4.78 is 0. The van der Waals surface area contributed by atoms with Gasteiger partial charge in [-0.2, -0.15) is 0 Å². The number of aliphatic hydroxyl groups is 1. The van der Waals surface area contributed by atoms with Crippen LogP contribution in [0.1, 0.15) is 48.4 Å². The van der Waals surface area contributed by atoms with Crippen LogP contribution >= 0.6 is 11.6 Å². The number of amides is 1. The summed E-state index contributed by atoms with van der Waals surface area (Å²) in [5.41, 5.74) is 2.80. The average molecular weight is 416 g/mol. The van der Waals surface area contributed by atoms with Gasteiger partial charge in [0.25, 0.3) is 5.91 Å². The third kappa shape index (κ3) is 5.92. The lowest BCUT2D eigenvalue weighted by atomic mass is 10.0. The Labute approximate surface area is 175 Å². The van der Waals surface area contributed by atoms with E-state index in [1.54, 1.807) is 20.0 Å². The predicted octanol–water partition coefficient (Wildman–Crippen LogP) is 3.19. The van der Waals surface area contributed by atoms with E-state index in [0.29, 0.717) is 23.1 Å². The first-order valence-corrected chi connectivity index (χ1v) is 9.89. The molecule has 1 aromatic carbocycles. The highest BCUT2D eigenvalue weighted by Gasteiger charge is 2.24. The fraction of sp³-hybridized carbons (Fsp3) is 0.381. The zero-order chi connectivity index (χ0) is 21.2. The summed E-state index contributed by atoms with van der Waals surface area (Å²) in [5.74, 6) is 0.464.